The standard InChI is InChI=1S/C26H26O5/c1-29-24-16-20(9-11-22(24)26(27)28)7-5-18-3-2-4-19(15-18)6-8-21-10-12-23-25(17-21)31-14-13-30-23/h2-4,9-12,15-17H,5-8,13-14H2,1H3,(H,27,28). The largest absolute Gasteiger partial charge is 0.496 e. The molecule has 3 aromatic rings. The number of methoxy groups -OCH3 is 1. The van der Waals surface area contributed by atoms with Gasteiger partial charge in [0.1, 0.15) is 24.5 Å². The molecule has 0 saturated carbocycles. The van der Waals surface area contributed by atoms with Gasteiger partial charge in [-0.05, 0) is 72.2 Å². The van der Waals surface area contributed by atoms with Crippen LogP contribution in [0.25, 0.3) is 0 Å². The summed E-state index contributed by atoms with van der Waals surface area (Å²) in [6.07, 6.45) is 3.60. The lowest BCUT2D eigenvalue weighted by Crippen LogP contribution is -2.15. The molecule has 0 spiro atoms. The summed E-state index contributed by atoms with van der Waals surface area (Å²) in [6, 6.07) is 20.1. The summed E-state index contributed by atoms with van der Waals surface area (Å²) >= 11 is 0. The molecule has 5 nitrogen and oxygen atoms in total. The molecular weight excluding hydrogens is 392 g/mol. The van der Waals surface area contributed by atoms with Gasteiger partial charge in [0.2, 0.25) is 0 Å². The second-order valence-electron chi connectivity index (χ2n) is 7.64. The average Bonchev–Trinajstić information content (AvgIpc) is 2.81. The first-order valence-electron chi connectivity index (χ1n) is 10.5. The van der Waals surface area contributed by atoms with Crippen LogP contribution in [0.15, 0.2) is 60.7 Å². The molecule has 0 atom stereocenters. The minimum absolute atomic E-state index is 0.187. The predicted molar refractivity (Wildman–Crippen MR) is 119 cm³/mol. The molecule has 0 radical (unpaired) electrons. The normalized spacial score (nSPS) is 12.4. The lowest BCUT2D eigenvalue weighted by Gasteiger charge is -2.18. The van der Waals surface area contributed by atoms with Crippen molar-refractivity contribution in [2.75, 3.05) is 20.3 Å². The van der Waals surface area contributed by atoms with Gasteiger partial charge in [-0.25, -0.2) is 4.79 Å². The van der Waals surface area contributed by atoms with Crippen LogP contribution in [0.1, 0.15) is 32.6 Å². The number of hydrogen-bond donors (Lipinski definition) is 1. The highest BCUT2D eigenvalue weighted by Gasteiger charge is 2.12. The van der Waals surface area contributed by atoms with Gasteiger partial charge in [-0.1, -0.05) is 36.4 Å². The van der Waals surface area contributed by atoms with Crippen molar-refractivity contribution < 1.29 is 24.1 Å². The van der Waals surface area contributed by atoms with Crippen molar-refractivity contribution in [2.24, 2.45) is 0 Å². The molecule has 0 aromatic heterocycles. The van der Waals surface area contributed by atoms with E-state index in [2.05, 4.69) is 36.4 Å². The smallest absolute Gasteiger partial charge is 0.339 e. The second kappa shape index (κ2) is 9.56. The highest BCUT2D eigenvalue weighted by molar-refractivity contribution is 5.91. The van der Waals surface area contributed by atoms with E-state index >= 15 is 0 Å². The Labute approximate surface area is 182 Å². The topological polar surface area (TPSA) is 65.0 Å². The fourth-order valence-electron chi connectivity index (χ4n) is 3.83. The highest BCUT2D eigenvalue weighted by atomic mass is 16.6. The number of carbonyl (C=O) groups is 1. The van der Waals surface area contributed by atoms with E-state index in [1.54, 1.807) is 6.07 Å². The van der Waals surface area contributed by atoms with E-state index in [-0.39, 0.29) is 5.56 Å². The van der Waals surface area contributed by atoms with Crippen molar-refractivity contribution in [3.05, 3.63) is 88.5 Å². The molecule has 1 aliphatic heterocycles. The molecule has 5 heteroatoms. The van der Waals surface area contributed by atoms with Crippen LogP contribution in [-0.2, 0) is 25.7 Å². The number of ether oxygens (including phenoxy) is 3. The molecule has 1 heterocycles. The zero-order valence-corrected chi connectivity index (χ0v) is 17.6. The lowest BCUT2D eigenvalue weighted by atomic mass is 9.98. The van der Waals surface area contributed by atoms with E-state index in [0.717, 1.165) is 42.7 Å². The molecule has 0 saturated heterocycles. The maximum absolute atomic E-state index is 11.3. The summed E-state index contributed by atoms with van der Waals surface area (Å²) in [6.45, 7) is 1.21. The summed E-state index contributed by atoms with van der Waals surface area (Å²) in [7, 11) is 1.50. The fourth-order valence-corrected chi connectivity index (χ4v) is 3.83. The van der Waals surface area contributed by atoms with Gasteiger partial charge >= 0.3 is 5.97 Å². The zero-order valence-electron chi connectivity index (χ0n) is 17.6. The number of aromatic carboxylic acids is 1. The molecule has 4 rings (SSSR count). The number of benzene rings is 3. The Morgan fingerprint density at radius 3 is 2.03 bits per heavy atom. The summed E-state index contributed by atoms with van der Waals surface area (Å²) in [5, 5.41) is 9.22. The molecule has 3 aromatic carbocycles. The number of carboxylic acid groups (broad SMARTS) is 1. The maximum atomic E-state index is 11.3. The summed E-state index contributed by atoms with van der Waals surface area (Å²) < 4.78 is 16.5. The van der Waals surface area contributed by atoms with Gasteiger partial charge in [0.25, 0.3) is 0 Å². The molecule has 0 bridgehead atoms. The monoisotopic (exact) mass is 418 g/mol. The van der Waals surface area contributed by atoms with E-state index in [9.17, 15) is 9.90 Å². The van der Waals surface area contributed by atoms with E-state index in [4.69, 9.17) is 14.2 Å². The first kappa shape index (κ1) is 20.8. The molecule has 0 unspecified atom stereocenters. The van der Waals surface area contributed by atoms with Crippen LogP contribution in [0.3, 0.4) is 0 Å². The predicted octanol–water partition coefficient (Wildman–Crippen LogP) is 4.74. The van der Waals surface area contributed by atoms with E-state index in [1.165, 1.54) is 23.8 Å². The number of carboxylic acids is 1. The van der Waals surface area contributed by atoms with Gasteiger partial charge in [0.15, 0.2) is 11.5 Å². The van der Waals surface area contributed by atoms with Crippen LogP contribution in [0.5, 0.6) is 17.2 Å². The molecule has 1 aliphatic rings. The minimum atomic E-state index is -0.978. The van der Waals surface area contributed by atoms with Crippen LogP contribution in [-0.4, -0.2) is 31.4 Å². The van der Waals surface area contributed by atoms with Crippen molar-refractivity contribution in [3.8, 4) is 17.2 Å². The van der Waals surface area contributed by atoms with Crippen molar-refractivity contribution in [1.82, 2.24) is 0 Å². The number of aryl methyl sites for hydroxylation is 4. The Balaban J connectivity index is 1.37. The molecule has 31 heavy (non-hydrogen) atoms. The van der Waals surface area contributed by atoms with Gasteiger partial charge in [-0.2, -0.15) is 0 Å². The zero-order chi connectivity index (χ0) is 21.6. The molecular formula is C26H26O5. The summed E-state index contributed by atoms with van der Waals surface area (Å²) in [5.74, 6) is 1.08. The van der Waals surface area contributed by atoms with E-state index in [1.807, 2.05) is 18.2 Å². The number of rotatable bonds is 8. The van der Waals surface area contributed by atoms with Crippen LogP contribution in [0.4, 0.5) is 0 Å². The van der Waals surface area contributed by atoms with Crippen LogP contribution < -0.4 is 14.2 Å². The van der Waals surface area contributed by atoms with E-state index < -0.39 is 5.97 Å². The average molecular weight is 418 g/mol. The third kappa shape index (κ3) is 5.18. The number of fused-ring (bicyclic) bond motifs is 1. The van der Waals surface area contributed by atoms with Crippen molar-refractivity contribution in [3.63, 3.8) is 0 Å². The quantitative estimate of drug-likeness (QED) is 0.573. The van der Waals surface area contributed by atoms with Gasteiger partial charge in [0.05, 0.1) is 7.11 Å². The Hall–Kier alpha value is -3.47. The summed E-state index contributed by atoms with van der Waals surface area (Å²) in [5.41, 5.74) is 5.04. The fraction of sp³-hybridized carbons (Fsp3) is 0.269. The van der Waals surface area contributed by atoms with Crippen LogP contribution in [0, 0.1) is 0 Å². The van der Waals surface area contributed by atoms with Gasteiger partial charge < -0.3 is 19.3 Å². The SMILES string of the molecule is COc1cc(CCc2cccc(CCc3ccc4c(c3)OCCO4)c2)ccc1C(=O)O. The third-order valence-corrected chi connectivity index (χ3v) is 5.50. The number of hydrogen-bond acceptors (Lipinski definition) is 4. The Morgan fingerprint density at radius 1 is 0.806 bits per heavy atom. The highest BCUT2D eigenvalue weighted by Crippen LogP contribution is 2.31. The Morgan fingerprint density at radius 2 is 1.39 bits per heavy atom. The molecule has 160 valence electrons. The molecule has 0 fully saturated rings. The van der Waals surface area contributed by atoms with Gasteiger partial charge in [-0.15, -0.1) is 0 Å². The molecule has 1 N–H and O–H groups in total. The van der Waals surface area contributed by atoms with Crippen molar-refractivity contribution >= 4 is 5.97 Å². The van der Waals surface area contributed by atoms with Gasteiger partial charge in [-0.3, -0.25) is 0 Å². The van der Waals surface area contributed by atoms with E-state index in [0.29, 0.717) is 19.0 Å². The van der Waals surface area contributed by atoms with Crippen molar-refractivity contribution in [2.45, 2.75) is 25.7 Å². The van der Waals surface area contributed by atoms with Crippen molar-refractivity contribution in [1.29, 1.82) is 0 Å². The molecule has 0 amide bonds. The third-order valence-electron chi connectivity index (χ3n) is 5.50. The summed E-state index contributed by atoms with van der Waals surface area (Å²) in [4.78, 5) is 11.3. The second-order valence-corrected chi connectivity index (χ2v) is 7.64. The van der Waals surface area contributed by atoms with Crippen LogP contribution in [0.2, 0.25) is 0 Å². The Bertz CT molecular complexity index is 1070. The molecule has 0 aliphatic carbocycles. The Kier molecular flexibility index (Phi) is 6.41. The maximum Gasteiger partial charge on any atom is 0.339 e. The van der Waals surface area contributed by atoms with Gasteiger partial charge in [0, 0.05) is 0 Å². The first-order valence-corrected chi connectivity index (χ1v) is 10.5. The first-order chi connectivity index (χ1) is 15.1. The lowest BCUT2D eigenvalue weighted by molar-refractivity contribution is 0.0693. The van der Waals surface area contributed by atoms with Crippen LogP contribution >= 0.6 is 0 Å². The minimum Gasteiger partial charge on any atom is -0.496 e.